The van der Waals surface area contributed by atoms with Crippen LogP contribution in [0.4, 0.5) is 0 Å². The molecule has 0 atom stereocenters. The van der Waals surface area contributed by atoms with Crippen molar-refractivity contribution in [1.29, 1.82) is 0 Å². The van der Waals surface area contributed by atoms with Crippen molar-refractivity contribution < 1.29 is 18.9 Å². The molecular formula is C46H62O4Si. The molecule has 0 bridgehead atoms. The van der Waals surface area contributed by atoms with Crippen LogP contribution >= 0.6 is 0 Å². The van der Waals surface area contributed by atoms with Crippen molar-refractivity contribution >= 4 is 28.8 Å². The summed E-state index contributed by atoms with van der Waals surface area (Å²) >= 11 is 0. The number of hydrogen-bond donors (Lipinski definition) is 0. The van der Waals surface area contributed by atoms with E-state index in [4.69, 9.17) is 18.9 Å². The van der Waals surface area contributed by atoms with Gasteiger partial charge in [0.1, 0.15) is 23.0 Å². The summed E-state index contributed by atoms with van der Waals surface area (Å²) in [6.07, 6.45) is 13.8. The highest BCUT2D eigenvalue weighted by Gasteiger charge is 2.49. The molecule has 5 heteroatoms. The van der Waals surface area contributed by atoms with E-state index in [9.17, 15) is 0 Å². The zero-order valence-electron chi connectivity index (χ0n) is 32.4. The predicted octanol–water partition coefficient (Wildman–Crippen LogP) is 9.94. The van der Waals surface area contributed by atoms with Crippen molar-refractivity contribution in [3.05, 3.63) is 83.9 Å². The highest BCUT2D eigenvalue weighted by Crippen LogP contribution is 2.37. The van der Waals surface area contributed by atoms with Gasteiger partial charge >= 0.3 is 0 Å². The molecule has 0 amide bonds. The molecule has 0 N–H and O–H groups in total. The molecule has 0 saturated heterocycles. The molecule has 274 valence electrons. The predicted molar refractivity (Wildman–Crippen MR) is 219 cm³/mol. The minimum atomic E-state index is -2.78. The third-order valence-electron chi connectivity index (χ3n) is 10.3. The summed E-state index contributed by atoms with van der Waals surface area (Å²) in [5.74, 6) is 3.84. The quantitative estimate of drug-likeness (QED) is 0.0531. The van der Waals surface area contributed by atoms with E-state index in [-0.39, 0.29) is 0 Å². The van der Waals surface area contributed by atoms with Crippen molar-refractivity contribution in [2.45, 2.75) is 119 Å². The number of unbranched alkanes of at least 4 members (excludes halogenated alkanes) is 8. The van der Waals surface area contributed by atoms with Gasteiger partial charge in [-0.2, -0.15) is 0 Å². The summed E-state index contributed by atoms with van der Waals surface area (Å²) in [4.78, 5) is 0. The monoisotopic (exact) mass is 706 g/mol. The van der Waals surface area contributed by atoms with Gasteiger partial charge in [0.05, 0.1) is 26.4 Å². The second-order valence-corrected chi connectivity index (χ2v) is 18.1. The Balaban J connectivity index is 1.67. The number of benzene rings is 4. The fourth-order valence-electron chi connectivity index (χ4n) is 7.44. The molecule has 0 unspecified atom stereocenters. The summed E-state index contributed by atoms with van der Waals surface area (Å²) in [5.41, 5.74) is 4.92. The maximum atomic E-state index is 6.50. The van der Waals surface area contributed by atoms with Crippen LogP contribution in [0, 0.1) is 13.8 Å². The average Bonchev–Trinajstić information content (AvgIpc) is 3.41. The summed E-state index contributed by atoms with van der Waals surface area (Å²) in [7, 11) is -2.78. The molecule has 0 aromatic heterocycles. The van der Waals surface area contributed by atoms with Crippen molar-refractivity contribution in [2.75, 3.05) is 26.4 Å². The zero-order chi connectivity index (χ0) is 36.1. The van der Waals surface area contributed by atoms with E-state index in [0.29, 0.717) is 0 Å². The molecule has 4 aromatic carbocycles. The van der Waals surface area contributed by atoms with Crippen LogP contribution in [0.15, 0.2) is 72.8 Å². The summed E-state index contributed by atoms with van der Waals surface area (Å²) in [6, 6.07) is 27.7. The molecule has 4 aromatic rings. The Labute approximate surface area is 309 Å². The Morgan fingerprint density at radius 2 is 0.745 bits per heavy atom. The number of rotatable bonds is 22. The van der Waals surface area contributed by atoms with Gasteiger partial charge in [-0.15, -0.1) is 0 Å². The molecule has 0 saturated carbocycles. The maximum absolute atomic E-state index is 6.50. The lowest BCUT2D eigenvalue weighted by Crippen LogP contribution is -2.72. The van der Waals surface area contributed by atoms with Gasteiger partial charge in [-0.05, 0) is 119 Å². The van der Waals surface area contributed by atoms with Gasteiger partial charge in [0.25, 0.3) is 0 Å². The smallest absolute Gasteiger partial charge is 0.180 e. The van der Waals surface area contributed by atoms with E-state index in [0.717, 1.165) is 75.1 Å². The molecule has 1 aliphatic heterocycles. The van der Waals surface area contributed by atoms with E-state index in [1.165, 1.54) is 94.4 Å². The van der Waals surface area contributed by atoms with Crippen LogP contribution in [-0.4, -0.2) is 34.5 Å². The first-order chi connectivity index (χ1) is 25.0. The van der Waals surface area contributed by atoms with Gasteiger partial charge in [0, 0.05) is 0 Å². The SMILES string of the molecule is CCCCCOc1ccc([Si]2(c3ccc(OCCCCC)cc3)c3cc(C)c(OCCCCC)cc3-c3cc(OCCCCC)c(C)cc32)cc1. The number of aryl methyl sites for hydroxylation is 2. The van der Waals surface area contributed by atoms with Gasteiger partial charge in [0.15, 0.2) is 8.07 Å². The van der Waals surface area contributed by atoms with Crippen molar-refractivity contribution in [1.82, 2.24) is 0 Å². The lowest BCUT2D eigenvalue weighted by Gasteiger charge is -2.32. The van der Waals surface area contributed by atoms with Crippen LogP contribution in [0.25, 0.3) is 11.1 Å². The highest BCUT2D eigenvalue weighted by atomic mass is 28.3. The Morgan fingerprint density at radius 3 is 1.08 bits per heavy atom. The van der Waals surface area contributed by atoms with Gasteiger partial charge in [-0.3, -0.25) is 0 Å². The minimum Gasteiger partial charge on any atom is -0.494 e. The van der Waals surface area contributed by atoms with E-state index in [1.807, 2.05) is 0 Å². The van der Waals surface area contributed by atoms with E-state index >= 15 is 0 Å². The lowest BCUT2D eigenvalue weighted by atomic mass is 10.0. The third kappa shape index (κ3) is 9.03. The number of ether oxygens (including phenoxy) is 4. The van der Waals surface area contributed by atoms with Gasteiger partial charge < -0.3 is 18.9 Å². The molecule has 4 nitrogen and oxygen atoms in total. The Morgan fingerprint density at radius 1 is 0.412 bits per heavy atom. The number of fused-ring (bicyclic) bond motifs is 3. The second kappa shape index (κ2) is 19.2. The first-order valence-corrected chi connectivity index (χ1v) is 22.0. The standard InChI is InChI=1S/C46H62O4Si/c1-7-11-15-27-47-37-19-23-39(24-20-37)51(40-25-21-38(22-26-40)48-28-16-12-8-2)45-31-35(5)43(49-29-17-13-9-3)33-41(45)42-34-44(36(6)32-46(42)51)50-30-18-14-10-4/h19-26,31-34H,7-18,27-30H2,1-6H3. The Hall–Kier alpha value is -3.70. The molecule has 0 aliphatic carbocycles. The number of hydrogen-bond acceptors (Lipinski definition) is 4. The molecule has 51 heavy (non-hydrogen) atoms. The van der Waals surface area contributed by atoms with Crippen LogP contribution in [0.2, 0.25) is 0 Å². The largest absolute Gasteiger partial charge is 0.494 e. The van der Waals surface area contributed by atoms with Crippen LogP contribution in [0.1, 0.15) is 116 Å². The summed E-state index contributed by atoms with van der Waals surface area (Å²) in [6.45, 7) is 16.3. The van der Waals surface area contributed by atoms with Crippen molar-refractivity contribution in [2.24, 2.45) is 0 Å². The first kappa shape index (κ1) is 38.5. The molecule has 0 radical (unpaired) electrons. The molecule has 0 spiro atoms. The second-order valence-electron chi connectivity index (χ2n) is 14.3. The van der Waals surface area contributed by atoms with Gasteiger partial charge in [-0.1, -0.05) is 115 Å². The molecule has 0 fully saturated rings. The highest BCUT2D eigenvalue weighted by molar-refractivity contribution is 7.22. The van der Waals surface area contributed by atoms with Gasteiger partial charge in [-0.25, -0.2) is 0 Å². The van der Waals surface area contributed by atoms with Crippen molar-refractivity contribution in [3.63, 3.8) is 0 Å². The van der Waals surface area contributed by atoms with E-state index < -0.39 is 8.07 Å². The van der Waals surface area contributed by atoms with Crippen LogP contribution in [0.5, 0.6) is 23.0 Å². The van der Waals surface area contributed by atoms with Gasteiger partial charge in [0.2, 0.25) is 0 Å². The van der Waals surface area contributed by atoms with Crippen LogP contribution < -0.4 is 39.7 Å². The first-order valence-electron chi connectivity index (χ1n) is 20.0. The molecule has 5 rings (SSSR count). The molecular weight excluding hydrogens is 645 g/mol. The Bertz CT molecular complexity index is 1540. The summed E-state index contributed by atoms with van der Waals surface area (Å²) < 4.78 is 25.4. The minimum absolute atomic E-state index is 0.738. The van der Waals surface area contributed by atoms with E-state index in [1.54, 1.807) is 0 Å². The lowest BCUT2D eigenvalue weighted by molar-refractivity contribution is 0.304. The zero-order valence-corrected chi connectivity index (χ0v) is 33.4. The normalized spacial score (nSPS) is 12.7. The van der Waals surface area contributed by atoms with Crippen LogP contribution in [0.3, 0.4) is 0 Å². The van der Waals surface area contributed by atoms with E-state index in [2.05, 4.69) is 114 Å². The van der Waals surface area contributed by atoms with Crippen LogP contribution in [-0.2, 0) is 0 Å². The topological polar surface area (TPSA) is 36.9 Å². The molecule has 1 aliphatic rings. The average molecular weight is 707 g/mol. The maximum Gasteiger partial charge on any atom is 0.180 e. The fraction of sp³-hybridized carbons (Fsp3) is 0.478. The van der Waals surface area contributed by atoms with Crippen molar-refractivity contribution in [3.8, 4) is 34.1 Å². The molecule has 1 heterocycles. The third-order valence-corrected chi connectivity index (χ3v) is 15.2. The fourth-order valence-corrected chi connectivity index (χ4v) is 12.7. The summed E-state index contributed by atoms with van der Waals surface area (Å²) in [5, 5.41) is 5.53. The Kier molecular flexibility index (Phi) is 14.5.